The molecule has 4 aromatic rings. The second kappa shape index (κ2) is 10.1. The summed E-state index contributed by atoms with van der Waals surface area (Å²) in [6.45, 7) is 8.04. The Morgan fingerprint density at radius 2 is 2.00 bits per heavy atom. The number of thiophene rings is 1. The van der Waals surface area contributed by atoms with Crippen LogP contribution in [0.1, 0.15) is 32.4 Å². The summed E-state index contributed by atoms with van der Waals surface area (Å²) in [7, 11) is 1.61. The van der Waals surface area contributed by atoms with E-state index >= 15 is 0 Å². The lowest BCUT2D eigenvalue weighted by molar-refractivity contribution is 0.121. The van der Waals surface area contributed by atoms with E-state index in [1.807, 2.05) is 48.2 Å². The van der Waals surface area contributed by atoms with Crippen molar-refractivity contribution in [3.05, 3.63) is 65.6 Å². The fourth-order valence-corrected chi connectivity index (χ4v) is 6.04. The Kier molecular flexibility index (Phi) is 6.92. The molecule has 192 valence electrons. The van der Waals surface area contributed by atoms with Crippen LogP contribution in [0.3, 0.4) is 0 Å². The Morgan fingerprint density at radius 1 is 1.16 bits per heavy atom. The van der Waals surface area contributed by atoms with Gasteiger partial charge in [0.1, 0.15) is 12.1 Å². The number of urea groups is 1. The Labute approximate surface area is 225 Å². The maximum Gasteiger partial charge on any atom is 0.318 e. The number of benzene rings is 1. The van der Waals surface area contributed by atoms with Crippen LogP contribution in [0.2, 0.25) is 5.02 Å². The number of carbonyl (C=O) groups is 1. The van der Waals surface area contributed by atoms with E-state index in [4.69, 9.17) is 16.3 Å². The van der Waals surface area contributed by atoms with Gasteiger partial charge in [-0.1, -0.05) is 23.7 Å². The predicted molar refractivity (Wildman–Crippen MR) is 149 cm³/mol. The number of methoxy groups -OCH3 is 1. The number of piperazine rings is 1. The lowest BCUT2D eigenvalue weighted by Gasteiger charge is -2.47. The Balaban J connectivity index is 1.35. The van der Waals surface area contributed by atoms with Crippen molar-refractivity contribution >= 4 is 45.0 Å². The zero-order chi connectivity index (χ0) is 26.2. The first-order chi connectivity index (χ1) is 17.7. The molecule has 1 atom stereocenters. The fraction of sp³-hybridized carbons (Fsp3) is 0.333. The first kappa shape index (κ1) is 25.2. The topological polar surface area (TPSA) is 83.5 Å². The molecule has 1 N–H and O–H groups in total. The number of pyridine rings is 1. The average molecular weight is 537 g/mol. The molecule has 0 spiro atoms. The quantitative estimate of drug-likeness (QED) is 0.348. The predicted octanol–water partition coefficient (Wildman–Crippen LogP) is 5.79. The number of carbonyl (C=O) groups excluding carboxylic acids is 1. The van der Waals surface area contributed by atoms with Crippen molar-refractivity contribution in [2.24, 2.45) is 0 Å². The Morgan fingerprint density at radius 3 is 2.76 bits per heavy atom. The van der Waals surface area contributed by atoms with Crippen molar-refractivity contribution in [1.82, 2.24) is 25.2 Å². The highest BCUT2D eigenvalue weighted by Gasteiger charge is 2.38. The van der Waals surface area contributed by atoms with Crippen LogP contribution in [0, 0.1) is 0 Å². The molecule has 3 aromatic heterocycles. The molecule has 0 unspecified atom stereocenters. The standard InChI is InChI=1S/C27H29ClN6O2S/c1-17(18-6-5-7-20(28)12-18)32-26(35)34-11-10-33(15-27(34,2)3)25-24-21(30-16-31-25)14-22(37-24)19-8-9-29-23(13-19)36-4/h5-9,12-14,16-17H,10-11,15H2,1-4H3,(H,32,35)/t17-/m0/s1. The fourth-order valence-electron chi connectivity index (χ4n) is 4.72. The van der Waals surface area contributed by atoms with Crippen LogP contribution in [0.4, 0.5) is 10.6 Å². The molecule has 1 aliphatic rings. The Hall–Kier alpha value is -3.43. The molecule has 1 fully saturated rings. The zero-order valence-corrected chi connectivity index (χ0v) is 22.8. The third-order valence-electron chi connectivity index (χ3n) is 6.66. The highest BCUT2D eigenvalue weighted by Crippen LogP contribution is 2.38. The smallest absolute Gasteiger partial charge is 0.318 e. The van der Waals surface area contributed by atoms with Crippen molar-refractivity contribution in [3.8, 4) is 16.3 Å². The summed E-state index contributed by atoms with van der Waals surface area (Å²) in [6, 6.07) is 13.3. The van der Waals surface area contributed by atoms with Gasteiger partial charge in [0.25, 0.3) is 0 Å². The first-order valence-corrected chi connectivity index (χ1v) is 13.3. The minimum Gasteiger partial charge on any atom is -0.481 e. The third-order valence-corrected chi connectivity index (χ3v) is 8.06. The summed E-state index contributed by atoms with van der Waals surface area (Å²) in [5.41, 5.74) is 2.48. The van der Waals surface area contributed by atoms with Crippen molar-refractivity contribution < 1.29 is 9.53 Å². The average Bonchev–Trinajstić information content (AvgIpc) is 3.32. The highest BCUT2D eigenvalue weighted by atomic mass is 35.5. The maximum absolute atomic E-state index is 13.3. The van der Waals surface area contributed by atoms with Gasteiger partial charge in [0.2, 0.25) is 5.88 Å². The number of anilines is 1. The monoisotopic (exact) mass is 536 g/mol. The number of halogens is 1. The van der Waals surface area contributed by atoms with E-state index in [0.717, 1.165) is 32.0 Å². The van der Waals surface area contributed by atoms with Gasteiger partial charge >= 0.3 is 6.03 Å². The van der Waals surface area contributed by atoms with Crippen LogP contribution >= 0.6 is 22.9 Å². The van der Waals surface area contributed by atoms with Crippen LogP contribution in [-0.2, 0) is 0 Å². The minimum absolute atomic E-state index is 0.0880. The normalized spacial score (nSPS) is 16.0. The highest BCUT2D eigenvalue weighted by molar-refractivity contribution is 7.22. The third kappa shape index (κ3) is 5.19. The first-order valence-electron chi connectivity index (χ1n) is 12.1. The van der Waals surface area contributed by atoms with E-state index < -0.39 is 5.54 Å². The van der Waals surface area contributed by atoms with Crippen molar-refractivity contribution in [2.75, 3.05) is 31.6 Å². The molecule has 4 heterocycles. The molecule has 1 aromatic carbocycles. The van der Waals surface area contributed by atoms with E-state index in [-0.39, 0.29) is 12.1 Å². The number of fused-ring (bicyclic) bond motifs is 1. The van der Waals surface area contributed by atoms with Crippen molar-refractivity contribution in [2.45, 2.75) is 32.4 Å². The Bertz CT molecular complexity index is 1440. The van der Waals surface area contributed by atoms with E-state index in [9.17, 15) is 4.79 Å². The van der Waals surface area contributed by atoms with Gasteiger partial charge in [-0.2, -0.15) is 0 Å². The van der Waals surface area contributed by atoms with Gasteiger partial charge in [-0.25, -0.2) is 19.7 Å². The van der Waals surface area contributed by atoms with Gasteiger partial charge in [-0.05, 0) is 56.2 Å². The number of amides is 2. The zero-order valence-electron chi connectivity index (χ0n) is 21.2. The molecule has 0 saturated carbocycles. The van der Waals surface area contributed by atoms with Gasteiger partial charge in [0, 0.05) is 41.8 Å². The van der Waals surface area contributed by atoms with Gasteiger partial charge < -0.3 is 19.9 Å². The molecule has 0 radical (unpaired) electrons. The van der Waals surface area contributed by atoms with Gasteiger partial charge in [0.15, 0.2) is 0 Å². The van der Waals surface area contributed by atoms with Crippen LogP contribution in [0.25, 0.3) is 20.7 Å². The molecule has 37 heavy (non-hydrogen) atoms. The largest absolute Gasteiger partial charge is 0.481 e. The van der Waals surface area contributed by atoms with E-state index in [0.29, 0.717) is 30.5 Å². The molecule has 1 saturated heterocycles. The van der Waals surface area contributed by atoms with E-state index in [2.05, 4.69) is 45.1 Å². The lowest BCUT2D eigenvalue weighted by atomic mass is 9.99. The van der Waals surface area contributed by atoms with E-state index in [1.54, 1.807) is 31.0 Å². The van der Waals surface area contributed by atoms with Crippen LogP contribution in [0.5, 0.6) is 5.88 Å². The molecule has 0 bridgehead atoms. The lowest BCUT2D eigenvalue weighted by Crippen LogP contribution is -2.63. The van der Waals surface area contributed by atoms with Gasteiger partial charge in [-0.15, -0.1) is 11.3 Å². The summed E-state index contributed by atoms with van der Waals surface area (Å²) >= 11 is 7.79. The second-order valence-electron chi connectivity index (χ2n) is 9.72. The van der Waals surface area contributed by atoms with Crippen molar-refractivity contribution in [3.63, 3.8) is 0 Å². The molecular formula is C27H29ClN6O2S. The molecule has 2 amide bonds. The van der Waals surface area contributed by atoms with Crippen LogP contribution in [0.15, 0.2) is 55.0 Å². The molecule has 10 heteroatoms. The number of nitrogens with zero attached hydrogens (tertiary/aromatic N) is 5. The number of ether oxygens (including phenoxy) is 1. The maximum atomic E-state index is 13.3. The number of hydrogen-bond donors (Lipinski definition) is 1. The SMILES string of the molecule is COc1cc(-c2cc3ncnc(N4CCN(C(=O)N[C@@H](C)c5cccc(Cl)c5)C(C)(C)C4)c3s2)ccn1. The minimum atomic E-state index is -0.411. The van der Waals surface area contributed by atoms with Crippen LogP contribution in [-0.4, -0.2) is 58.2 Å². The molecule has 0 aliphatic carbocycles. The summed E-state index contributed by atoms with van der Waals surface area (Å²) in [4.78, 5) is 31.9. The number of nitrogens with one attached hydrogen (secondary N) is 1. The van der Waals surface area contributed by atoms with Gasteiger partial charge in [0.05, 0.1) is 28.9 Å². The summed E-state index contributed by atoms with van der Waals surface area (Å²) in [5.74, 6) is 1.46. The number of aromatic nitrogens is 3. The van der Waals surface area contributed by atoms with Crippen LogP contribution < -0.4 is 15.0 Å². The van der Waals surface area contributed by atoms with E-state index in [1.165, 1.54) is 0 Å². The summed E-state index contributed by atoms with van der Waals surface area (Å²) < 4.78 is 6.31. The molecule has 5 rings (SSSR count). The summed E-state index contributed by atoms with van der Waals surface area (Å²) in [5, 5.41) is 3.79. The summed E-state index contributed by atoms with van der Waals surface area (Å²) in [6.07, 6.45) is 3.35. The molecule has 1 aliphatic heterocycles. The number of hydrogen-bond acceptors (Lipinski definition) is 7. The molecular weight excluding hydrogens is 508 g/mol. The molecule has 8 nitrogen and oxygen atoms in total. The van der Waals surface area contributed by atoms with Crippen molar-refractivity contribution in [1.29, 1.82) is 0 Å². The second-order valence-corrected chi connectivity index (χ2v) is 11.2. The van der Waals surface area contributed by atoms with Gasteiger partial charge in [-0.3, -0.25) is 0 Å². The number of rotatable bonds is 5.